The normalized spacial score (nSPS) is 10.1. The fraction of sp³-hybridized carbons (Fsp3) is 0.455. The average molecular weight is 204 g/mol. The number of aromatic nitrogens is 1. The molecule has 0 aliphatic carbocycles. The van der Waals surface area contributed by atoms with Crippen LogP contribution < -0.4 is 4.90 Å². The van der Waals surface area contributed by atoms with E-state index >= 15 is 0 Å². The van der Waals surface area contributed by atoms with Crippen LogP contribution in [-0.2, 0) is 0 Å². The Kier molecular flexibility index (Phi) is 4.07. The lowest BCUT2D eigenvalue weighted by molar-refractivity contribution is 0.416. The topological polar surface area (TPSA) is 43.2 Å². The van der Waals surface area contributed by atoms with Crippen LogP contribution in [0.5, 0.6) is 0 Å². The summed E-state index contributed by atoms with van der Waals surface area (Å²) in [5.74, 6) is 0.752. The van der Waals surface area contributed by atoms with Crippen LogP contribution in [0.3, 0.4) is 0 Å². The predicted molar refractivity (Wildman–Crippen MR) is 60.8 cm³/mol. The van der Waals surface area contributed by atoms with Crippen molar-refractivity contribution in [2.24, 2.45) is 0 Å². The highest BCUT2D eigenvalue weighted by atomic mass is 15.2. The van der Waals surface area contributed by atoms with Crippen molar-refractivity contribution in [2.45, 2.75) is 0 Å². The van der Waals surface area contributed by atoms with Crippen molar-refractivity contribution in [1.82, 2.24) is 9.88 Å². The van der Waals surface area contributed by atoms with E-state index in [4.69, 9.17) is 5.26 Å². The van der Waals surface area contributed by atoms with Gasteiger partial charge in [-0.15, -0.1) is 0 Å². The van der Waals surface area contributed by atoms with E-state index in [0.717, 1.165) is 18.9 Å². The summed E-state index contributed by atoms with van der Waals surface area (Å²) in [5, 5.41) is 8.92. The van der Waals surface area contributed by atoms with E-state index in [1.807, 2.05) is 26.0 Å². The first-order valence-corrected chi connectivity index (χ1v) is 4.86. The molecule has 0 saturated heterocycles. The van der Waals surface area contributed by atoms with Crippen molar-refractivity contribution in [3.8, 4) is 6.07 Å². The summed E-state index contributed by atoms with van der Waals surface area (Å²) in [7, 11) is 6.00. The number of anilines is 1. The van der Waals surface area contributed by atoms with Gasteiger partial charge < -0.3 is 9.80 Å². The van der Waals surface area contributed by atoms with Gasteiger partial charge in [0.25, 0.3) is 0 Å². The Morgan fingerprint density at radius 2 is 2.07 bits per heavy atom. The third-order valence-corrected chi connectivity index (χ3v) is 2.15. The van der Waals surface area contributed by atoms with E-state index in [2.05, 4.69) is 16.0 Å². The zero-order valence-corrected chi connectivity index (χ0v) is 9.44. The molecule has 1 rings (SSSR count). The molecule has 1 aromatic rings. The summed E-state index contributed by atoms with van der Waals surface area (Å²) in [5.41, 5.74) is 0.624. The SMILES string of the molecule is CN(C)CCN(C)c1ncccc1C#N. The molecular weight excluding hydrogens is 188 g/mol. The van der Waals surface area contributed by atoms with E-state index in [1.165, 1.54) is 0 Å². The summed E-state index contributed by atoms with van der Waals surface area (Å²) in [6.45, 7) is 1.80. The molecule has 15 heavy (non-hydrogen) atoms. The fourth-order valence-corrected chi connectivity index (χ4v) is 1.24. The van der Waals surface area contributed by atoms with Gasteiger partial charge >= 0.3 is 0 Å². The third kappa shape index (κ3) is 3.22. The van der Waals surface area contributed by atoms with Crippen LogP contribution in [0, 0.1) is 11.3 Å². The lowest BCUT2D eigenvalue weighted by atomic mass is 10.2. The van der Waals surface area contributed by atoms with E-state index in [9.17, 15) is 0 Å². The maximum absolute atomic E-state index is 8.92. The summed E-state index contributed by atoms with van der Waals surface area (Å²) < 4.78 is 0. The Morgan fingerprint density at radius 3 is 2.67 bits per heavy atom. The van der Waals surface area contributed by atoms with Gasteiger partial charge in [0.1, 0.15) is 11.9 Å². The number of hydrogen-bond acceptors (Lipinski definition) is 4. The van der Waals surface area contributed by atoms with Gasteiger partial charge in [-0.1, -0.05) is 0 Å². The molecule has 4 heteroatoms. The number of pyridine rings is 1. The first-order valence-electron chi connectivity index (χ1n) is 4.86. The van der Waals surface area contributed by atoms with Gasteiger partial charge in [-0.25, -0.2) is 4.98 Å². The van der Waals surface area contributed by atoms with Crippen LogP contribution in [0.1, 0.15) is 5.56 Å². The van der Waals surface area contributed by atoms with Gasteiger partial charge in [-0.2, -0.15) is 5.26 Å². The molecule has 4 nitrogen and oxygen atoms in total. The van der Waals surface area contributed by atoms with Crippen LogP contribution >= 0.6 is 0 Å². The maximum Gasteiger partial charge on any atom is 0.146 e. The summed E-state index contributed by atoms with van der Waals surface area (Å²) in [4.78, 5) is 8.31. The number of nitrogens with zero attached hydrogens (tertiary/aromatic N) is 4. The standard InChI is InChI=1S/C11H16N4/c1-14(2)7-8-15(3)11-10(9-12)5-4-6-13-11/h4-6H,7-8H2,1-3H3. The molecule has 80 valence electrons. The second-order valence-electron chi connectivity index (χ2n) is 3.71. The van der Waals surface area contributed by atoms with Crippen LogP contribution in [0.15, 0.2) is 18.3 Å². The highest BCUT2D eigenvalue weighted by molar-refractivity contribution is 5.52. The molecule has 0 unspecified atom stereocenters. The minimum absolute atomic E-state index is 0.624. The van der Waals surface area contributed by atoms with Crippen LogP contribution in [0.2, 0.25) is 0 Å². The van der Waals surface area contributed by atoms with Crippen LogP contribution in [0.4, 0.5) is 5.82 Å². The highest BCUT2D eigenvalue weighted by Crippen LogP contribution is 2.13. The largest absolute Gasteiger partial charge is 0.357 e. The number of hydrogen-bond donors (Lipinski definition) is 0. The molecule has 1 heterocycles. The lowest BCUT2D eigenvalue weighted by Crippen LogP contribution is -2.29. The Labute approximate surface area is 90.8 Å². The molecule has 0 amide bonds. The minimum atomic E-state index is 0.624. The number of rotatable bonds is 4. The molecule has 0 fully saturated rings. The summed E-state index contributed by atoms with van der Waals surface area (Å²) in [6.07, 6.45) is 1.71. The smallest absolute Gasteiger partial charge is 0.146 e. The van der Waals surface area contributed by atoms with Crippen molar-refractivity contribution in [3.05, 3.63) is 23.9 Å². The van der Waals surface area contributed by atoms with Crippen molar-refractivity contribution in [3.63, 3.8) is 0 Å². The zero-order valence-electron chi connectivity index (χ0n) is 9.44. The Hall–Kier alpha value is -1.60. The minimum Gasteiger partial charge on any atom is -0.357 e. The predicted octanol–water partition coefficient (Wildman–Crippen LogP) is 0.951. The molecule has 0 saturated carbocycles. The van der Waals surface area contributed by atoms with Gasteiger partial charge in [-0.3, -0.25) is 0 Å². The van der Waals surface area contributed by atoms with E-state index in [1.54, 1.807) is 18.3 Å². The van der Waals surface area contributed by atoms with Gasteiger partial charge in [0.15, 0.2) is 0 Å². The molecule has 0 N–H and O–H groups in total. The summed E-state index contributed by atoms with van der Waals surface area (Å²) in [6, 6.07) is 5.71. The molecule has 0 atom stereocenters. The highest BCUT2D eigenvalue weighted by Gasteiger charge is 2.07. The van der Waals surface area contributed by atoms with Crippen molar-refractivity contribution in [1.29, 1.82) is 5.26 Å². The zero-order chi connectivity index (χ0) is 11.3. The molecule has 0 bridgehead atoms. The molecule has 0 aliphatic heterocycles. The maximum atomic E-state index is 8.92. The fourth-order valence-electron chi connectivity index (χ4n) is 1.24. The van der Waals surface area contributed by atoms with Gasteiger partial charge in [0.05, 0.1) is 5.56 Å². The molecule has 0 radical (unpaired) electrons. The first kappa shape index (κ1) is 11.5. The van der Waals surface area contributed by atoms with Crippen molar-refractivity contribution >= 4 is 5.82 Å². The Bertz CT molecular complexity index is 354. The number of likely N-dealkylation sites (N-methyl/N-ethyl adjacent to an activating group) is 2. The van der Waals surface area contributed by atoms with Crippen LogP contribution in [-0.4, -0.2) is 44.1 Å². The second-order valence-corrected chi connectivity index (χ2v) is 3.71. The van der Waals surface area contributed by atoms with Gasteiger partial charge in [0.2, 0.25) is 0 Å². The monoisotopic (exact) mass is 204 g/mol. The summed E-state index contributed by atoms with van der Waals surface area (Å²) >= 11 is 0. The van der Waals surface area contributed by atoms with Crippen molar-refractivity contribution < 1.29 is 0 Å². The van der Waals surface area contributed by atoms with E-state index < -0.39 is 0 Å². The van der Waals surface area contributed by atoms with Gasteiger partial charge in [0, 0.05) is 26.3 Å². The molecule has 0 aromatic carbocycles. The van der Waals surface area contributed by atoms with Crippen LogP contribution in [0.25, 0.3) is 0 Å². The van der Waals surface area contributed by atoms with Crippen molar-refractivity contribution in [2.75, 3.05) is 39.1 Å². The van der Waals surface area contributed by atoms with E-state index in [-0.39, 0.29) is 0 Å². The van der Waals surface area contributed by atoms with E-state index in [0.29, 0.717) is 5.56 Å². The molecular formula is C11H16N4. The molecule has 1 aromatic heterocycles. The molecule has 0 spiro atoms. The lowest BCUT2D eigenvalue weighted by Gasteiger charge is -2.21. The number of nitriles is 1. The third-order valence-electron chi connectivity index (χ3n) is 2.15. The second kappa shape index (κ2) is 5.32. The molecule has 0 aliphatic rings. The average Bonchev–Trinajstić information content (AvgIpc) is 2.25. The van der Waals surface area contributed by atoms with Gasteiger partial charge in [-0.05, 0) is 26.2 Å². The first-order chi connectivity index (χ1) is 7.15. The Morgan fingerprint density at radius 1 is 1.33 bits per heavy atom. The Balaban J connectivity index is 2.73. The quantitative estimate of drug-likeness (QED) is 0.732.